The lowest BCUT2D eigenvalue weighted by molar-refractivity contribution is 0.0920. The summed E-state index contributed by atoms with van der Waals surface area (Å²) in [6, 6.07) is 21.4. The predicted molar refractivity (Wildman–Crippen MR) is 109 cm³/mol. The Bertz CT molecular complexity index is 1350. The molecule has 1 amide bonds. The molecule has 2 aromatic heterocycles. The fourth-order valence-corrected chi connectivity index (χ4v) is 3.38. The van der Waals surface area contributed by atoms with E-state index in [4.69, 9.17) is 8.94 Å². The minimum absolute atomic E-state index is 0.120. The summed E-state index contributed by atoms with van der Waals surface area (Å²) in [5, 5.41) is 9.82. The summed E-state index contributed by atoms with van der Waals surface area (Å²) in [5.74, 6) is 0.736. The van der Waals surface area contributed by atoms with Crippen LogP contribution in [0.1, 0.15) is 22.0 Å². The van der Waals surface area contributed by atoms with Gasteiger partial charge in [0, 0.05) is 10.9 Å². The number of benzene rings is 3. The molecule has 142 valence electrons. The zero-order valence-corrected chi connectivity index (χ0v) is 15.7. The molecule has 3 aromatic carbocycles. The third kappa shape index (κ3) is 3.25. The van der Waals surface area contributed by atoms with E-state index >= 15 is 0 Å². The van der Waals surface area contributed by atoms with Crippen molar-refractivity contribution < 1.29 is 13.7 Å². The second-order valence-corrected chi connectivity index (χ2v) is 6.87. The van der Waals surface area contributed by atoms with Crippen molar-refractivity contribution in [1.82, 2.24) is 15.5 Å². The van der Waals surface area contributed by atoms with Gasteiger partial charge in [-0.15, -0.1) is 0 Å². The van der Waals surface area contributed by atoms with Crippen LogP contribution in [0.5, 0.6) is 0 Å². The number of furan rings is 1. The Labute approximate surface area is 166 Å². The molecule has 29 heavy (non-hydrogen) atoms. The van der Waals surface area contributed by atoms with Crippen LogP contribution in [-0.4, -0.2) is 16.0 Å². The normalized spacial score (nSPS) is 11.2. The van der Waals surface area contributed by atoms with Crippen LogP contribution in [0.15, 0.2) is 75.7 Å². The van der Waals surface area contributed by atoms with Gasteiger partial charge in [0.1, 0.15) is 5.58 Å². The first kappa shape index (κ1) is 17.2. The van der Waals surface area contributed by atoms with Crippen LogP contribution in [0.25, 0.3) is 33.1 Å². The van der Waals surface area contributed by atoms with Crippen LogP contribution in [0, 0.1) is 6.92 Å². The van der Waals surface area contributed by atoms with Gasteiger partial charge >= 0.3 is 0 Å². The summed E-state index contributed by atoms with van der Waals surface area (Å²) in [6.07, 6.45) is 0. The summed E-state index contributed by atoms with van der Waals surface area (Å²) < 4.78 is 11.0. The minimum atomic E-state index is -0.333. The molecule has 0 aliphatic rings. The number of carbonyl (C=O) groups excluding carboxylic acids is 1. The lowest BCUT2D eigenvalue weighted by atomic mass is 10.1. The number of nitrogens with zero attached hydrogens (tertiary/aromatic N) is 2. The van der Waals surface area contributed by atoms with Crippen molar-refractivity contribution in [1.29, 1.82) is 0 Å². The maximum absolute atomic E-state index is 12.6. The maximum Gasteiger partial charge on any atom is 0.287 e. The first-order valence-electron chi connectivity index (χ1n) is 9.26. The number of hydrogen-bond donors (Lipinski definition) is 1. The Hall–Kier alpha value is -3.93. The molecule has 0 radical (unpaired) electrons. The quantitative estimate of drug-likeness (QED) is 0.479. The Morgan fingerprint density at radius 1 is 1.00 bits per heavy atom. The minimum Gasteiger partial charge on any atom is -0.451 e. The first-order valence-corrected chi connectivity index (χ1v) is 9.26. The molecule has 0 atom stereocenters. The number of rotatable bonds is 4. The topological polar surface area (TPSA) is 81.2 Å². The molecule has 0 aliphatic carbocycles. The van der Waals surface area contributed by atoms with Crippen molar-refractivity contribution in [3.05, 3.63) is 83.9 Å². The maximum atomic E-state index is 12.6. The number of aromatic nitrogens is 2. The highest BCUT2D eigenvalue weighted by Gasteiger charge is 2.15. The highest BCUT2D eigenvalue weighted by molar-refractivity contribution is 6.08. The monoisotopic (exact) mass is 383 g/mol. The average Bonchev–Trinajstić information content (AvgIpc) is 3.39. The van der Waals surface area contributed by atoms with E-state index in [1.54, 1.807) is 6.07 Å². The van der Waals surface area contributed by atoms with Crippen molar-refractivity contribution in [3.63, 3.8) is 0 Å². The van der Waals surface area contributed by atoms with Crippen molar-refractivity contribution >= 4 is 27.6 Å². The fourth-order valence-electron chi connectivity index (χ4n) is 3.38. The highest BCUT2D eigenvalue weighted by atomic mass is 16.5. The number of hydrogen-bond acceptors (Lipinski definition) is 5. The van der Waals surface area contributed by atoms with E-state index in [0.717, 1.165) is 27.3 Å². The van der Waals surface area contributed by atoms with E-state index < -0.39 is 0 Å². The number of carbonyl (C=O) groups is 1. The Morgan fingerprint density at radius 2 is 1.90 bits per heavy atom. The average molecular weight is 383 g/mol. The molecule has 5 rings (SSSR count). The van der Waals surface area contributed by atoms with Crippen molar-refractivity contribution in [2.24, 2.45) is 0 Å². The van der Waals surface area contributed by atoms with Crippen molar-refractivity contribution in [2.75, 3.05) is 0 Å². The molecule has 6 heteroatoms. The van der Waals surface area contributed by atoms with Crippen LogP contribution in [-0.2, 0) is 6.54 Å². The molecule has 5 aromatic rings. The van der Waals surface area contributed by atoms with Gasteiger partial charge in [0.25, 0.3) is 5.91 Å². The molecule has 0 spiro atoms. The zero-order chi connectivity index (χ0) is 19.8. The van der Waals surface area contributed by atoms with E-state index in [1.807, 2.05) is 67.6 Å². The van der Waals surface area contributed by atoms with Gasteiger partial charge in [-0.3, -0.25) is 4.79 Å². The van der Waals surface area contributed by atoms with Crippen molar-refractivity contribution in [3.8, 4) is 11.4 Å². The highest BCUT2D eigenvalue weighted by Crippen LogP contribution is 2.28. The third-order valence-corrected chi connectivity index (χ3v) is 4.79. The molecular formula is C23H17N3O3. The molecule has 0 unspecified atom stereocenters. The number of aryl methyl sites for hydroxylation is 1. The van der Waals surface area contributed by atoms with E-state index in [9.17, 15) is 4.79 Å². The van der Waals surface area contributed by atoms with Gasteiger partial charge in [0.15, 0.2) is 5.76 Å². The van der Waals surface area contributed by atoms with E-state index in [-0.39, 0.29) is 18.2 Å². The summed E-state index contributed by atoms with van der Waals surface area (Å²) in [5.41, 5.74) is 2.66. The van der Waals surface area contributed by atoms with Gasteiger partial charge in [-0.05, 0) is 35.9 Å². The summed E-state index contributed by atoms with van der Waals surface area (Å²) in [4.78, 5) is 16.9. The SMILES string of the molecule is Cc1cccc(-c2noc(CNC(=O)c3cc4c(ccc5ccccc54)o3)n2)c1. The molecule has 2 heterocycles. The van der Waals surface area contributed by atoms with Crippen molar-refractivity contribution in [2.45, 2.75) is 13.5 Å². The van der Waals surface area contributed by atoms with Gasteiger partial charge in [-0.1, -0.05) is 59.3 Å². The summed E-state index contributed by atoms with van der Waals surface area (Å²) in [6.45, 7) is 2.12. The molecule has 0 bridgehead atoms. The van der Waals surface area contributed by atoms with Crippen LogP contribution >= 0.6 is 0 Å². The first-order chi connectivity index (χ1) is 14.2. The molecule has 0 saturated carbocycles. The van der Waals surface area contributed by atoms with E-state index in [2.05, 4.69) is 15.5 Å². The Kier molecular flexibility index (Phi) is 4.09. The van der Waals surface area contributed by atoms with E-state index in [1.165, 1.54) is 0 Å². The standard InChI is InChI=1S/C23H17N3O3/c1-14-5-4-7-16(11-14)22-25-21(29-26-22)13-24-23(27)20-12-18-17-8-3-2-6-15(17)9-10-19(18)28-20/h2-12H,13H2,1H3,(H,24,27). The van der Waals surface area contributed by atoms with Gasteiger partial charge in [-0.25, -0.2) is 0 Å². The van der Waals surface area contributed by atoms with Crippen LogP contribution < -0.4 is 5.32 Å². The largest absolute Gasteiger partial charge is 0.451 e. The fraction of sp³-hybridized carbons (Fsp3) is 0.0870. The van der Waals surface area contributed by atoms with Crippen LogP contribution in [0.2, 0.25) is 0 Å². The Balaban J connectivity index is 1.34. The van der Waals surface area contributed by atoms with Gasteiger partial charge in [-0.2, -0.15) is 4.98 Å². The molecule has 0 fully saturated rings. The van der Waals surface area contributed by atoms with Crippen LogP contribution in [0.3, 0.4) is 0 Å². The molecular weight excluding hydrogens is 366 g/mol. The number of nitrogens with one attached hydrogen (secondary N) is 1. The lowest BCUT2D eigenvalue weighted by Crippen LogP contribution is -2.22. The smallest absolute Gasteiger partial charge is 0.287 e. The molecule has 0 saturated heterocycles. The van der Waals surface area contributed by atoms with Gasteiger partial charge in [0.05, 0.1) is 6.54 Å². The zero-order valence-electron chi connectivity index (χ0n) is 15.7. The number of fused-ring (bicyclic) bond motifs is 3. The summed E-state index contributed by atoms with van der Waals surface area (Å²) >= 11 is 0. The number of amides is 1. The Morgan fingerprint density at radius 3 is 2.79 bits per heavy atom. The predicted octanol–water partition coefficient (Wildman–Crippen LogP) is 4.87. The second kappa shape index (κ2) is 6.91. The third-order valence-electron chi connectivity index (χ3n) is 4.79. The molecule has 1 N–H and O–H groups in total. The second-order valence-electron chi connectivity index (χ2n) is 6.87. The lowest BCUT2D eigenvalue weighted by Gasteiger charge is -1.98. The summed E-state index contributed by atoms with van der Waals surface area (Å²) in [7, 11) is 0. The van der Waals surface area contributed by atoms with Crippen LogP contribution in [0.4, 0.5) is 0 Å². The van der Waals surface area contributed by atoms with E-state index in [0.29, 0.717) is 17.3 Å². The van der Waals surface area contributed by atoms with Gasteiger partial charge < -0.3 is 14.3 Å². The molecule has 6 nitrogen and oxygen atoms in total. The molecule has 0 aliphatic heterocycles. The van der Waals surface area contributed by atoms with Gasteiger partial charge in [0.2, 0.25) is 11.7 Å².